The lowest BCUT2D eigenvalue weighted by molar-refractivity contribution is -0.384. The molecule has 98 valence electrons. The highest BCUT2D eigenvalue weighted by Crippen LogP contribution is 2.25. The van der Waals surface area contributed by atoms with Gasteiger partial charge in [-0.15, -0.1) is 0 Å². The van der Waals surface area contributed by atoms with Gasteiger partial charge in [-0.2, -0.15) is 8.78 Å². The smallest absolute Gasteiger partial charge is 0.387 e. The summed E-state index contributed by atoms with van der Waals surface area (Å²) in [5.74, 6) is 0.0701. The lowest BCUT2D eigenvalue weighted by atomic mass is 10.1. The minimum absolute atomic E-state index is 0.00130. The molecule has 0 saturated carbocycles. The van der Waals surface area contributed by atoms with Gasteiger partial charge in [-0.1, -0.05) is 12.1 Å². The number of non-ortho nitro benzene ring substituents is 1. The van der Waals surface area contributed by atoms with E-state index in [1.807, 2.05) is 0 Å². The van der Waals surface area contributed by atoms with Crippen molar-refractivity contribution < 1.29 is 18.4 Å². The molecule has 0 N–H and O–H groups in total. The SMILES string of the molecule is O=[N+]([O-])c1ccc(-c2ccc(OC(F)F)cc2)cc1. The second-order valence-corrected chi connectivity index (χ2v) is 3.71. The minimum atomic E-state index is -2.86. The van der Waals surface area contributed by atoms with Crippen LogP contribution < -0.4 is 4.74 Å². The normalized spacial score (nSPS) is 10.5. The fourth-order valence-electron chi connectivity index (χ4n) is 1.60. The first kappa shape index (κ1) is 12.9. The van der Waals surface area contributed by atoms with Crippen molar-refractivity contribution in [2.45, 2.75) is 6.61 Å². The zero-order valence-corrected chi connectivity index (χ0v) is 9.62. The van der Waals surface area contributed by atoms with Crippen molar-refractivity contribution in [1.29, 1.82) is 0 Å². The van der Waals surface area contributed by atoms with E-state index in [1.165, 1.54) is 24.3 Å². The fourth-order valence-corrected chi connectivity index (χ4v) is 1.60. The molecule has 0 amide bonds. The fraction of sp³-hybridized carbons (Fsp3) is 0.0769. The van der Waals surface area contributed by atoms with E-state index in [9.17, 15) is 18.9 Å². The Bertz CT molecular complexity index is 567. The largest absolute Gasteiger partial charge is 0.435 e. The molecule has 0 unspecified atom stereocenters. The standard InChI is InChI=1S/C13H9F2NO3/c14-13(15)19-12-7-3-10(4-8-12)9-1-5-11(6-2-9)16(17)18/h1-8,13H. The summed E-state index contributed by atoms with van der Waals surface area (Å²) in [5, 5.41) is 10.5. The molecule has 0 fully saturated rings. The molecule has 2 rings (SSSR count). The van der Waals surface area contributed by atoms with Crippen LogP contribution in [0.15, 0.2) is 48.5 Å². The van der Waals surface area contributed by atoms with Gasteiger partial charge < -0.3 is 4.74 Å². The summed E-state index contributed by atoms with van der Waals surface area (Å²) in [6, 6.07) is 12.0. The van der Waals surface area contributed by atoms with Gasteiger partial charge in [0.2, 0.25) is 0 Å². The topological polar surface area (TPSA) is 52.4 Å². The Labute approximate surface area is 107 Å². The molecular weight excluding hydrogens is 256 g/mol. The van der Waals surface area contributed by atoms with Crippen molar-refractivity contribution in [1.82, 2.24) is 0 Å². The summed E-state index contributed by atoms with van der Waals surface area (Å²) in [7, 11) is 0. The van der Waals surface area contributed by atoms with E-state index < -0.39 is 11.5 Å². The van der Waals surface area contributed by atoms with Crippen molar-refractivity contribution in [2.24, 2.45) is 0 Å². The number of ether oxygens (including phenoxy) is 1. The molecular formula is C13H9F2NO3. The van der Waals surface area contributed by atoms with Gasteiger partial charge in [0.05, 0.1) is 4.92 Å². The van der Waals surface area contributed by atoms with Gasteiger partial charge in [0.15, 0.2) is 0 Å². The Morgan fingerprint density at radius 1 is 0.947 bits per heavy atom. The molecule has 0 aliphatic heterocycles. The lowest BCUT2D eigenvalue weighted by Gasteiger charge is -2.05. The number of hydrogen-bond donors (Lipinski definition) is 0. The number of nitro benzene ring substituents is 1. The molecule has 4 nitrogen and oxygen atoms in total. The first-order valence-corrected chi connectivity index (χ1v) is 5.36. The molecule has 0 atom stereocenters. The van der Waals surface area contributed by atoms with Gasteiger partial charge in [0.25, 0.3) is 5.69 Å². The highest BCUT2D eigenvalue weighted by atomic mass is 19.3. The first-order valence-electron chi connectivity index (χ1n) is 5.36. The van der Waals surface area contributed by atoms with E-state index in [0.717, 1.165) is 11.1 Å². The van der Waals surface area contributed by atoms with Gasteiger partial charge in [-0.05, 0) is 35.4 Å². The van der Waals surface area contributed by atoms with Gasteiger partial charge in [0, 0.05) is 12.1 Å². The Morgan fingerprint density at radius 2 is 1.42 bits per heavy atom. The van der Waals surface area contributed by atoms with Crippen LogP contribution in [0.3, 0.4) is 0 Å². The molecule has 0 spiro atoms. The van der Waals surface area contributed by atoms with Crippen LogP contribution in [0.5, 0.6) is 5.75 Å². The van der Waals surface area contributed by atoms with E-state index in [1.54, 1.807) is 24.3 Å². The summed E-state index contributed by atoms with van der Waals surface area (Å²) < 4.78 is 28.2. The van der Waals surface area contributed by atoms with Crippen molar-refractivity contribution in [2.75, 3.05) is 0 Å². The zero-order valence-electron chi connectivity index (χ0n) is 9.62. The predicted octanol–water partition coefficient (Wildman–Crippen LogP) is 3.86. The molecule has 0 aliphatic carbocycles. The van der Waals surface area contributed by atoms with Gasteiger partial charge >= 0.3 is 6.61 Å². The van der Waals surface area contributed by atoms with Crippen LogP contribution in [-0.2, 0) is 0 Å². The van der Waals surface area contributed by atoms with Crippen LogP contribution >= 0.6 is 0 Å². The van der Waals surface area contributed by atoms with Crippen LogP contribution in [-0.4, -0.2) is 11.5 Å². The van der Waals surface area contributed by atoms with Crippen LogP contribution in [0, 0.1) is 10.1 Å². The number of alkyl halides is 2. The third-order valence-corrected chi connectivity index (χ3v) is 2.49. The van der Waals surface area contributed by atoms with Crippen molar-refractivity contribution in [3.05, 3.63) is 58.6 Å². The Kier molecular flexibility index (Phi) is 3.70. The molecule has 0 heterocycles. The van der Waals surface area contributed by atoms with Crippen LogP contribution in [0.1, 0.15) is 0 Å². The molecule has 2 aromatic rings. The van der Waals surface area contributed by atoms with E-state index in [4.69, 9.17) is 0 Å². The molecule has 0 aliphatic rings. The summed E-state index contributed by atoms with van der Waals surface area (Å²) in [5.41, 5.74) is 1.52. The molecule has 2 aromatic carbocycles. The summed E-state index contributed by atoms with van der Waals surface area (Å²) in [6.45, 7) is -2.86. The second kappa shape index (κ2) is 5.43. The van der Waals surface area contributed by atoms with Gasteiger partial charge in [-0.3, -0.25) is 10.1 Å². The van der Waals surface area contributed by atoms with E-state index in [0.29, 0.717) is 0 Å². The highest BCUT2D eigenvalue weighted by molar-refractivity contribution is 5.65. The van der Waals surface area contributed by atoms with Crippen LogP contribution in [0.2, 0.25) is 0 Å². The van der Waals surface area contributed by atoms with Crippen molar-refractivity contribution >= 4 is 5.69 Å². The zero-order chi connectivity index (χ0) is 13.8. The maximum absolute atomic E-state index is 12.0. The summed E-state index contributed by atoms with van der Waals surface area (Å²) in [4.78, 5) is 10.0. The highest BCUT2D eigenvalue weighted by Gasteiger charge is 2.06. The Hall–Kier alpha value is -2.50. The molecule has 6 heteroatoms. The Balaban J connectivity index is 2.19. The van der Waals surface area contributed by atoms with E-state index in [2.05, 4.69) is 4.74 Å². The van der Waals surface area contributed by atoms with E-state index in [-0.39, 0.29) is 11.4 Å². The minimum Gasteiger partial charge on any atom is -0.435 e. The van der Waals surface area contributed by atoms with Crippen LogP contribution in [0.25, 0.3) is 11.1 Å². The van der Waals surface area contributed by atoms with Crippen molar-refractivity contribution in [3.63, 3.8) is 0 Å². The molecule has 0 radical (unpaired) electrons. The summed E-state index contributed by atoms with van der Waals surface area (Å²) >= 11 is 0. The predicted molar refractivity (Wildman–Crippen MR) is 65.2 cm³/mol. The first-order chi connectivity index (χ1) is 9.06. The number of rotatable bonds is 4. The molecule has 0 saturated heterocycles. The maximum atomic E-state index is 12.0. The average Bonchev–Trinajstić information content (AvgIpc) is 2.39. The quantitative estimate of drug-likeness (QED) is 0.623. The summed E-state index contributed by atoms with van der Waals surface area (Å²) in [6.07, 6.45) is 0. The second-order valence-electron chi connectivity index (χ2n) is 3.71. The molecule has 19 heavy (non-hydrogen) atoms. The van der Waals surface area contributed by atoms with Gasteiger partial charge in [-0.25, -0.2) is 0 Å². The van der Waals surface area contributed by atoms with Crippen molar-refractivity contribution in [3.8, 4) is 16.9 Å². The van der Waals surface area contributed by atoms with E-state index >= 15 is 0 Å². The maximum Gasteiger partial charge on any atom is 0.387 e. The third-order valence-electron chi connectivity index (χ3n) is 2.49. The molecule has 0 aromatic heterocycles. The van der Waals surface area contributed by atoms with Crippen LogP contribution in [0.4, 0.5) is 14.5 Å². The number of nitrogens with zero attached hydrogens (tertiary/aromatic N) is 1. The lowest BCUT2D eigenvalue weighted by Crippen LogP contribution is -2.01. The number of halogens is 2. The third kappa shape index (κ3) is 3.25. The Morgan fingerprint density at radius 3 is 1.84 bits per heavy atom. The number of nitro groups is 1. The number of benzene rings is 2. The monoisotopic (exact) mass is 265 g/mol. The van der Waals surface area contributed by atoms with Gasteiger partial charge in [0.1, 0.15) is 5.75 Å². The molecule has 0 bridgehead atoms. The number of hydrogen-bond acceptors (Lipinski definition) is 3. The average molecular weight is 265 g/mol.